The molecule has 122 valence electrons. The average molecular weight is 383 g/mol. The molecule has 23 heavy (non-hydrogen) atoms. The number of benzene rings is 2. The minimum Gasteiger partial charge on any atom is -0.395 e. The predicted molar refractivity (Wildman–Crippen MR) is 88.4 cm³/mol. The molecule has 0 saturated heterocycles. The Morgan fingerprint density at radius 1 is 1.17 bits per heavy atom. The minimum atomic E-state index is -0.452. The van der Waals surface area contributed by atoms with Gasteiger partial charge in [-0.1, -0.05) is 28.1 Å². The van der Waals surface area contributed by atoms with Crippen molar-refractivity contribution in [2.75, 3.05) is 13.2 Å². The van der Waals surface area contributed by atoms with Crippen molar-refractivity contribution in [3.8, 4) is 0 Å². The number of aliphatic hydroxyl groups is 1. The Morgan fingerprint density at radius 3 is 2.48 bits per heavy atom. The molecule has 2 rings (SSSR count). The van der Waals surface area contributed by atoms with Crippen molar-refractivity contribution < 1.29 is 14.4 Å². The highest BCUT2D eigenvalue weighted by atomic mass is 79.9. The lowest BCUT2D eigenvalue weighted by Gasteiger charge is -2.22. The molecule has 0 unspecified atom stereocenters. The Morgan fingerprint density at radius 2 is 1.87 bits per heavy atom. The summed E-state index contributed by atoms with van der Waals surface area (Å²) >= 11 is 3.32. The highest BCUT2D eigenvalue weighted by Crippen LogP contribution is 2.19. The van der Waals surface area contributed by atoms with Gasteiger partial charge in [-0.3, -0.25) is 15.0 Å². The summed E-state index contributed by atoms with van der Waals surface area (Å²) in [7, 11) is 0. The quantitative estimate of drug-likeness (QED) is 0.587. The van der Waals surface area contributed by atoms with Gasteiger partial charge in [0.1, 0.15) is 5.82 Å². The van der Waals surface area contributed by atoms with E-state index >= 15 is 0 Å². The van der Waals surface area contributed by atoms with Crippen molar-refractivity contribution in [3.63, 3.8) is 0 Å². The van der Waals surface area contributed by atoms with E-state index in [1.165, 1.54) is 18.2 Å². The molecular weight excluding hydrogens is 367 g/mol. The van der Waals surface area contributed by atoms with Crippen LogP contribution in [-0.2, 0) is 13.1 Å². The van der Waals surface area contributed by atoms with Crippen molar-refractivity contribution in [3.05, 3.63) is 74.0 Å². The van der Waals surface area contributed by atoms with Gasteiger partial charge in [0.15, 0.2) is 0 Å². The van der Waals surface area contributed by atoms with Gasteiger partial charge in [0.25, 0.3) is 5.69 Å². The van der Waals surface area contributed by atoms with Crippen LogP contribution in [0.4, 0.5) is 10.1 Å². The number of rotatable bonds is 7. The first-order chi connectivity index (χ1) is 11.0. The number of non-ortho nitro benzene ring substituents is 1. The van der Waals surface area contributed by atoms with Gasteiger partial charge in [-0.15, -0.1) is 0 Å². The molecule has 0 radical (unpaired) electrons. The summed E-state index contributed by atoms with van der Waals surface area (Å²) in [4.78, 5) is 12.1. The fraction of sp³-hybridized carbons (Fsp3) is 0.250. The van der Waals surface area contributed by atoms with E-state index in [0.717, 1.165) is 10.0 Å². The number of halogens is 2. The average Bonchev–Trinajstić information content (AvgIpc) is 2.51. The Labute approximate surface area is 141 Å². The maximum atomic E-state index is 13.9. The second-order valence-corrected chi connectivity index (χ2v) is 6.01. The monoisotopic (exact) mass is 382 g/mol. The summed E-state index contributed by atoms with van der Waals surface area (Å²) in [6, 6.07) is 10.9. The second kappa shape index (κ2) is 8.14. The lowest BCUT2D eigenvalue weighted by molar-refractivity contribution is -0.384. The molecule has 7 heteroatoms. The Bertz CT molecular complexity index is 680. The molecule has 0 bridgehead atoms. The largest absolute Gasteiger partial charge is 0.395 e. The van der Waals surface area contributed by atoms with Crippen LogP contribution in [0.25, 0.3) is 0 Å². The van der Waals surface area contributed by atoms with E-state index in [4.69, 9.17) is 0 Å². The van der Waals surface area contributed by atoms with Gasteiger partial charge < -0.3 is 5.11 Å². The first kappa shape index (κ1) is 17.5. The zero-order valence-corrected chi connectivity index (χ0v) is 13.9. The maximum Gasteiger partial charge on any atom is 0.269 e. The van der Waals surface area contributed by atoms with Crippen molar-refractivity contribution in [2.45, 2.75) is 13.1 Å². The van der Waals surface area contributed by atoms with Crippen LogP contribution in [0.1, 0.15) is 11.1 Å². The molecule has 0 heterocycles. The van der Waals surface area contributed by atoms with Crippen molar-refractivity contribution in [2.24, 2.45) is 0 Å². The van der Waals surface area contributed by atoms with Crippen LogP contribution in [0, 0.1) is 15.9 Å². The van der Waals surface area contributed by atoms with Gasteiger partial charge in [0, 0.05) is 41.8 Å². The van der Waals surface area contributed by atoms with E-state index in [2.05, 4.69) is 15.9 Å². The predicted octanol–water partition coefficient (Wildman–Crippen LogP) is 3.49. The molecule has 2 aromatic carbocycles. The van der Waals surface area contributed by atoms with E-state index in [9.17, 15) is 19.6 Å². The van der Waals surface area contributed by atoms with Gasteiger partial charge in [0.05, 0.1) is 11.5 Å². The molecule has 0 amide bonds. The molecule has 0 saturated carbocycles. The van der Waals surface area contributed by atoms with Crippen molar-refractivity contribution in [1.82, 2.24) is 4.90 Å². The molecule has 0 aliphatic rings. The molecule has 0 aliphatic carbocycles. The van der Waals surface area contributed by atoms with Crippen LogP contribution in [0.2, 0.25) is 0 Å². The van der Waals surface area contributed by atoms with Crippen molar-refractivity contribution in [1.29, 1.82) is 0 Å². The van der Waals surface area contributed by atoms with Crippen molar-refractivity contribution >= 4 is 21.6 Å². The highest BCUT2D eigenvalue weighted by molar-refractivity contribution is 9.10. The van der Waals surface area contributed by atoms with Gasteiger partial charge in [0.2, 0.25) is 0 Å². The minimum absolute atomic E-state index is 0.0282. The normalized spacial score (nSPS) is 11.0. The van der Waals surface area contributed by atoms with Crippen LogP contribution in [0.15, 0.2) is 46.9 Å². The highest BCUT2D eigenvalue weighted by Gasteiger charge is 2.12. The first-order valence-electron chi connectivity index (χ1n) is 7.00. The molecule has 0 spiro atoms. The summed E-state index contributed by atoms with van der Waals surface area (Å²) in [5, 5.41) is 19.9. The summed E-state index contributed by atoms with van der Waals surface area (Å²) in [5.41, 5.74) is 1.41. The molecule has 1 N–H and O–H groups in total. The number of nitro groups is 1. The molecule has 0 aromatic heterocycles. The maximum absolute atomic E-state index is 13.9. The fourth-order valence-corrected chi connectivity index (χ4v) is 2.65. The number of aliphatic hydroxyl groups excluding tert-OH is 1. The van der Waals surface area contributed by atoms with Crippen LogP contribution < -0.4 is 0 Å². The molecule has 0 fully saturated rings. The van der Waals surface area contributed by atoms with E-state index in [1.807, 2.05) is 4.90 Å². The summed E-state index contributed by atoms with van der Waals surface area (Å²) in [6.45, 7) is 1.12. The van der Waals surface area contributed by atoms with Crippen LogP contribution >= 0.6 is 15.9 Å². The lowest BCUT2D eigenvalue weighted by Crippen LogP contribution is -2.26. The Balaban J connectivity index is 2.11. The van der Waals surface area contributed by atoms with E-state index in [-0.39, 0.29) is 18.1 Å². The van der Waals surface area contributed by atoms with Crippen LogP contribution in [-0.4, -0.2) is 28.1 Å². The molecule has 2 aromatic rings. The van der Waals surface area contributed by atoms with Crippen LogP contribution in [0.5, 0.6) is 0 Å². The van der Waals surface area contributed by atoms with E-state index < -0.39 is 4.92 Å². The summed E-state index contributed by atoms with van der Waals surface area (Å²) in [5.74, 6) is -0.306. The topological polar surface area (TPSA) is 66.6 Å². The number of hydrogen-bond donors (Lipinski definition) is 1. The third-order valence-electron chi connectivity index (χ3n) is 3.37. The number of nitrogens with zero attached hydrogens (tertiary/aromatic N) is 2. The summed E-state index contributed by atoms with van der Waals surface area (Å²) in [6.07, 6.45) is 0. The standard InChI is InChI=1S/C16H16BrFN2O3/c17-14-3-6-16(18)13(9-14)11-19(7-8-21)10-12-1-4-15(5-2-12)20(22)23/h1-6,9,21H,7-8,10-11H2. The van der Waals surface area contributed by atoms with Gasteiger partial charge in [-0.05, 0) is 23.8 Å². The third kappa shape index (κ3) is 5.09. The number of hydrogen-bond acceptors (Lipinski definition) is 4. The van der Waals surface area contributed by atoms with E-state index in [0.29, 0.717) is 25.2 Å². The first-order valence-corrected chi connectivity index (χ1v) is 7.79. The third-order valence-corrected chi connectivity index (χ3v) is 3.86. The van der Waals surface area contributed by atoms with Gasteiger partial charge >= 0.3 is 0 Å². The Hall–Kier alpha value is -1.83. The summed E-state index contributed by atoms with van der Waals surface area (Å²) < 4.78 is 14.7. The molecule has 5 nitrogen and oxygen atoms in total. The molecule has 0 atom stereocenters. The smallest absolute Gasteiger partial charge is 0.269 e. The number of nitro benzene ring substituents is 1. The second-order valence-electron chi connectivity index (χ2n) is 5.09. The zero-order chi connectivity index (χ0) is 16.8. The van der Waals surface area contributed by atoms with Crippen LogP contribution in [0.3, 0.4) is 0 Å². The lowest BCUT2D eigenvalue weighted by atomic mass is 10.1. The fourth-order valence-electron chi connectivity index (χ4n) is 2.24. The molecule has 0 aliphatic heterocycles. The van der Waals surface area contributed by atoms with E-state index in [1.54, 1.807) is 24.3 Å². The molecular formula is C16H16BrFN2O3. The zero-order valence-electron chi connectivity index (χ0n) is 12.3. The Kier molecular flexibility index (Phi) is 6.20. The SMILES string of the molecule is O=[N+]([O-])c1ccc(CN(CCO)Cc2cc(Br)ccc2F)cc1. The van der Waals surface area contributed by atoms with Gasteiger partial charge in [-0.25, -0.2) is 4.39 Å². The van der Waals surface area contributed by atoms with Gasteiger partial charge in [-0.2, -0.15) is 0 Å².